The van der Waals surface area contributed by atoms with E-state index in [9.17, 15) is 9.50 Å². The van der Waals surface area contributed by atoms with Crippen molar-refractivity contribution in [3.05, 3.63) is 28.0 Å². The molecule has 88 valence electrons. The van der Waals surface area contributed by atoms with Gasteiger partial charge in [-0.15, -0.1) is 0 Å². The van der Waals surface area contributed by atoms with Crippen LogP contribution < -0.4 is 5.73 Å². The van der Waals surface area contributed by atoms with E-state index < -0.39 is 0 Å². The first kappa shape index (κ1) is 11.7. The highest BCUT2D eigenvalue weighted by Crippen LogP contribution is 2.49. The molecule has 4 heteroatoms. The molecule has 1 aromatic carbocycles. The van der Waals surface area contributed by atoms with Gasteiger partial charge in [-0.3, -0.25) is 0 Å². The molecule has 0 unspecified atom stereocenters. The Balaban J connectivity index is 2.63. The molecule has 1 aliphatic carbocycles. The Morgan fingerprint density at radius 2 is 2.19 bits per heavy atom. The first-order valence-electron chi connectivity index (χ1n) is 5.40. The second kappa shape index (κ2) is 3.90. The van der Waals surface area contributed by atoms with E-state index in [1.54, 1.807) is 6.92 Å². The minimum atomic E-state index is -0.377. The van der Waals surface area contributed by atoms with Gasteiger partial charge in [-0.25, -0.2) is 4.39 Å². The number of nitrogens with two attached hydrogens (primary N) is 1. The summed E-state index contributed by atoms with van der Waals surface area (Å²) in [7, 11) is 0. The number of phenolic OH excluding ortho intramolecular Hbond substituents is 1. The van der Waals surface area contributed by atoms with Crippen molar-refractivity contribution in [2.75, 3.05) is 6.54 Å². The summed E-state index contributed by atoms with van der Waals surface area (Å²) in [6.07, 6.45) is 2.83. The molecule has 0 radical (unpaired) electrons. The van der Waals surface area contributed by atoms with Crippen LogP contribution in [0.15, 0.2) is 6.07 Å². The Labute approximate surface area is 99.2 Å². The first-order chi connectivity index (χ1) is 7.52. The van der Waals surface area contributed by atoms with Gasteiger partial charge in [-0.05, 0) is 31.4 Å². The van der Waals surface area contributed by atoms with Crippen molar-refractivity contribution >= 4 is 11.6 Å². The highest BCUT2D eigenvalue weighted by molar-refractivity contribution is 6.32. The number of hydrogen-bond donors (Lipinski definition) is 2. The number of halogens is 2. The first-order valence-corrected chi connectivity index (χ1v) is 5.78. The molecule has 0 spiro atoms. The molecule has 2 rings (SSSR count). The summed E-state index contributed by atoms with van der Waals surface area (Å²) in [5.41, 5.74) is 6.55. The predicted octanol–water partition coefficient (Wildman–Crippen LogP) is 2.87. The van der Waals surface area contributed by atoms with E-state index in [0.29, 0.717) is 17.7 Å². The van der Waals surface area contributed by atoms with Crippen molar-refractivity contribution < 1.29 is 9.50 Å². The van der Waals surface area contributed by atoms with Crippen molar-refractivity contribution in [3.8, 4) is 5.75 Å². The third-order valence-electron chi connectivity index (χ3n) is 3.68. The molecule has 0 atom stereocenters. The van der Waals surface area contributed by atoms with Gasteiger partial charge in [0.2, 0.25) is 0 Å². The third-order valence-corrected chi connectivity index (χ3v) is 3.97. The molecule has 0 aliphatic heterocycles. The van der Waals surface area contributed by atoms with Gasteiger partial charge in [0.25, 0.3) is 0 Å². The lowest BCUT2D eigenvalue weighted by atomic mass is 9.63. The lowest BCUT2D eigenvalue weighted by Gasteiger charge is -2.42. The molecule has 0 bridgehead atoms. The smallest absolute Gasteiger partial charge is 0.138 e. The Hall–Kier alpha value is -0.800. The zero-order chi connectivity index (χ0) is 11.9. The summed E-state index contributed by atoms with van der Waals surface area (Å²) in [6.45, 7) is 2.08. The lowest BCUT2D eigenvalue weighted by Crippen LogP contribution is -2.42. The fourth-order valence-corrected chi connectivity index (χ4v) is 2.70. The minimum absolute atomic E-state index is 0.00860. The summed E-state index contributed by atoms with van der Waals surface area (Å²) in [4.78, 5) is 0. The predicted molar refractivity (Wildman–Crippen MR) is 62.4 cm³/mol. The Bertz CT molecular complexity index is 398. The van der Waals surface area contributed by atoms with E-state index in [2.05, 4.69) is 0 Å². The Kier molecular flexibility index (Phi) is 2.84. The van der Waals surface area contributed by atoms with Gasteiger partial charge in [0.1, 0.15) is 11.6 Å². The average molecular weight is 244 g/mol. The SMILES string of the molecule is Cc1c(F)cc(Cl)c(O)c1C1(CN)CCC1. The monoisotopic (exact) mass is 243 g/mol. The van der Waals surface area contributed by atoms with Gasteiger partial charge in [0.05, 0.1) is 5.02 Å². The molecule has 1 aromatic rings. The van der Waals surface area contributed by atoms with Gasteiger partial charge >= 0.3 is 0 Å². The van der Waals surface area contributed by atoms with Crippen LogP contribution in [0.1, 0.15) is 30.4 Å². The molecule has 16 heavy (non-hydrogen) atoms. The van der Waals surface area contributed by atoms with Gasteiger partial charge in [0.15, 0.2) is 0 Å². The quantitative estimate of drug-likeness (QED) is 0.839. The molecule has 0 amide bonds. The summed E-state index contributed by atoms with van der Waals surface area (Å²) < 4.78 is 13.6. The van der Waals surface area contributed by atoms with Crippen LogP contribution >= 0.6 is 11.6 Å². The van der Waals surface area contributed by atoms with Crippen LogP contribution in [0.5, 0.6) is 5.75 Å². The molecule has 3 N–H and O–H groups in total. The third kappa shape index (κ3) is 1.50. The topological polar surface area (TPSA) is 46.2 Å². The highest BCUT2D eigenvalue weighted by Gasteiger charge is 2.41. The van der Waals surface area contributed by atoms with Crippen molar-refractivity contribution in [3.63, 3.8) is 0 Å². The number of phenols is 1. The number of hydrogen-bond acceptors (Lipinski definition) is 2. The van der Waals surface area contributed by atoms with Crippen molar-refractivity contribution in [2.24, 2.45) is 5.73 Å². The van der Waals surface area contributed by atoms with Crippen LogP contribution in [-0.2, 0) is 5.41 Å². The van der Waals surface area contributed by atoms with Crippen LogP contribution in [0, 0.1) is 12.7 Å². The number of benzene rings is 1. The molecule has 1 saturated carbocycles. The standard InChI is InChI=1S/C12H15ClFNO/c1-7-9(14)5-8(13)11(16)10(7)12(6-15)3-2-4-12/h5,16H,2-4,6,15H2,1H3. The van der Waals surface area contributed by atoms with Gasteiger partial charge in [-0.1, -0.05) is 18.0 Å². The van der Waals surface area contributed by atoms with E-state index >= 15 is 0 Å². The zero-order valence-electron chi connectivity index (χ0n) is 9.19. The summed E-state index contributed by atoms with van der Waals surface area (Å²) in [5, 5.41) is 10.0. The maximum absolute atomic E-state index is 13.6. The molecule has 1 fully saturated rings. The van der Waals surface area contributed by atoms with Crippen molar-refractivity contribution in [1.29, 1.82) is 0 Å². The Morgan fingerprint density at radius 3 is 2.62 bits per heavy atom. The fraction of sp³-hybridized carbons (Fsp3) is 0.500. The summed E-state index contributed by atoms with van der Waals surface area (Å²) in [6, 6.07) is 1.15. The van der Waals surface area contributed by atoms with E-state index in [1.165, 1.54) is 0 Å². The second-order valence-corrected chi connectivity index (χ2v) is 4.93. The maximum Gasteiger partial charge on any atom is 0.138 e. The second-order valence-electron chi connectivity index (χ2n) is 4.53. The lowest BCUT2D eigenvalue weighted by molar-refractivity contribution is 0.243. The fourth-order valence-electron chi connectivity index (χ4n) is 2.51. The normalized spacial score (nSPS) is 18.2. The number of rotatable bonds is 2. The number of aromatic hydroxyl groups is 1. The minimum Gasteiger partial charge on any atom is -0.506 e. The molecule has 0 heterocycles. The molecule has 2 nitrogen and oxygen atoms in total. The molecule has 1 aliphatic rings. The Morgan fingerprint density at radius 1 is 1.56 bits per heavy atom. The van der Waals surface area contributed by atoms with Gasteiger partial charge in [-0.2, -0.15) is 0 Å². The molecule has 0 saturated heterocycles. The maximum atomic E-state index is 13.6. The molecule has 0 aromatic heterocycles. The summed E-state index contributed by atoms with van der Waals surface area (Å²) >= 11 is 5.80. The zero-order valence-corrected chi connectivity index (χ0v) is 9.94. The van der Waals surface area contributed by atoms with E-state index in [0.717, 1.165) is 25.3 Å². The van der Waals surface area contributed by atoms with E-state index in [1.807, 2.05) is 0 Å². The van der Waals surface area contributed by atoms with Gasteiger partial charge in [0, 0.05) is 17.5 Å². The van der Waals surface area contributed by atoms with Crippen LogP contribution in [0.4, 0.5) is 4.39 Å². The molecular weight excluding hydrogens is 229 g/mol. The summed E-state index contributed by atoms with van der Waals surface area (Å²) in [5.74, 6) is -0.386. The van der Waals surface area contributed by atoms with Crippen LogP contribution in [0.25, 0.3) is 0 Å². The highest BCUT2D eigenvalue weighted by atomic mass is 35.5. The van der Waals surface area contributed by atoms with Crippen LogP contribution in [-0.4, -0.2) is 11.7 Å². The van der Waals surface area contributed by atoms with Gasteiger partial charge < -0.3 is 10.8 Å². The van der Waals surface area contributed by atoms with Crippen LogP contribution in [0.3, 0.4) is 0 Å². The van der Waals surface area contributed by atoms with Crippen molar-refractivity contribution in [1.82, 2.24) is 0 Å². The van der Waals surface area contributed by atoms with Crippen molar-refractivity contribution in [2.45, 2.75) is 31.6 Å². The van der Waals surface area contributed by atoms with E-state index in [4.69, 9.17) is 17.3 Å². The largest absolute Gasteiger partial charge is 0.506 e. The van der Waals surface area contributed by atoms with E-state index in [-0.39, 0.29) is 22.0 Å². The van der Waals surface area contributed by atoms with Crippen LogP contribution in [0.2, 0.25) is 5.02 Å². The average Bonchev–Trinajstić information content (AvgIpc) is 2.19. The molecular formula is C12H15ClFNO.